The highest BCUT2D eigenvalue weighted by molar-refractivity contribution is 6.29. The van der Waals surface area contributed by atoms with Crippen LogP contribution in [0.25, 0.3) is 0 Å². The SMILES string of the molecule is CCCCCC(C)CCc1cc(O)c(C(N)(C(=O)CCl)c2ccccc2)c(O)c1. The number of hydrogen-bond acceptors (Lipinski definition) is 4. The van der Waals surface area contributed by atoms with Crippen LogP contribution in [0.2, 0.25) is 0 Å². The molecule has 29 heavy (non-hydrogen) atoms. The third kappa shape index (κ3) is 5.52. The maximum Gasteiger partial charge on any atom is 0.176 e. The van der Waals surface area contributed by atoms with E-state index in [2.05, 4.69) is 13.8 Å². The lowest BCUT2D eigenvalue weighted by molar-refractivity contribution is -0.120. The van der Waals surface area contributed by atoms with Gasteiger partial charge in [-0.3, -0.25) is 4.79 Å². The van der Waals surface area contributed by atoms with E-state index in [1.54, 1.807) is 42.5 Å². The highest BCUT2D eigenvalue weighted by atomic mass is 35.5. The lowest BCUT2D eigenvalue weighted by Crippen LogP contribution is -2.47. The number of phenols is 2. The van der Waals surface area contributed by atoms with E-state index in [9.17, 15) is 15.0 Å². The summed E-state index contributed by atoms with van der Waals surface area (Å²) >= 11 is 5.82. The molecular weight excluding hydrogens is 386 g/mol. The Hall–Kier alpha value is -2.04. The first-order valence-corrected chi connectivity index (χ1v) is 10.9. The minimum Gasteiger partial charge on any atom is -0.507 e. The zero-order valence-corrected chi connectivity index (χ0v) is 18.1. The second-order valence-corrected chi connectivity index (χ2v) is 8.15. The number of rotatable bonds is 11. The molecule has 4 N–H and O–H groups in total. The lowest BCUT2D eigenvalue weighted by Gasteiger charge is -2.30. The Morgan fingerprint density at radius 3 is 2.28 bits per heavy atom. The molecule has 0 aromatic heterocycles. The number of Topliss-reactive ketones (excluding diaryl/α,β-unsaturated/α-hetero) is 1. The predicted molar refractivity (Wildman–Crippen MR) is 119 cm³/mol. The van der Waals surface area contributed by atoms with E-state index >= 15 is 0 Å². The van der Waals surface area contributed by atoms with E-state index in [-0.39, 0.29) is 22.9 Å². The minimum absolute atomic E-state index is 0.00547. The van der Waals surface area contributed by atoms with Crippen molar-refractivity contribution in [1.82, 2.24) is 0 Å². The number of carbonyl (C=O) groups excluding carboxylic acids is 1. The third-order valence-corrected chi connectivity index (χ3v) is 5.81. The number of benzene rings is 2. The zero-order valence-electron chi connectivity index (χ0n) is 17.3. The zero-order chi connectivity index (χ0) is 21.4. The number of halogens is 1. The first-order chi connectivity index (χ1) is 13.8. The summed E-state index contributed by atoms with van der Waals surface area (Å²) in [6.45, 7) is 4.42. The number of aryl methyl sites for hydroxylation is 1. The first-order valence-electron chi connectivity index (χ1n) is 10.3. The summed E-state index contributed by atoms with van der Waals surface area (Å²) in [5, 5.41) is 21.4. The van der Waals surface area contributed by atoms with Gasteiger partial charge in [0.05, 0.1) is 11.4 Å². The topological polar surface area (TPSA) is 83.5 Å². The van der Waals surface area contributed by atoms with Crippen molar-refractivity contribution in [3.05, 3.63) is 59.2 Å². The van der Waals surface area contributed by atoms with Gasteiger partial charge in [-0.05, 0) is 42.0 Å². The quantitative estimate of drug-likeness (QED) is 0.344. The van der Waals surface area contributed by atoms with Gasteiger partial charge in [0, 0.05) is 0 Å². The van der Waals surface area contributed by atoms with Crippen LogP contribution in [0.1, 0.15) is 62.6 Å². The van der Waals surface area contributed by atoms with E-state index in [4.69, 9.17) is 17.3 Å². The molecule has 0 aliphatic heterocycles. The number of aromatic hydroxyl groups is 2. The number of carbonyl (C=O) groups is 1. The van der Waals surface area contributed by atoms with Gasteiger partial charge in [0.25, 0.3) is 0 Å². The van der Waals surface area contributed by atoms with E-state index in [0.29, 0.717) is 11.5 Å². The molecule has 0 aliphatic carbocycles. The number of phenolic OH excluding ortho intramolecular Hbond substituents is 2. The molecule has 0 heterocycles. The van der Waals surface area contributed by atoms with E-state index < -0.39 is 11.3 Å². The van der Waals surface area contributed by atoms with Crippen molar-refractivity contribution in [3.8, 4) is 11.5 Å². The normalized spacial score (nSPS) is 14.3. The Morgan fingerprint density at radius 1 is 1.10 bits per heavy atom. The van der Waals surface area contributed by atoms with Gasteiger partial charge in [-0.1, -0.05) is 69.9 Å². The number of alkyl halides is 1. The van der Waals surface area contributed by atoms with Gasteiger partial charge in [-0.15, -0.1) is 11.6 Å². The van der Waals surface area contributed by atoms with Crippen LogP contribution in [-0.4, -0.2) is 21.9 Å². The van der Waals surface area contributed by atoms with Crippen LogP contribution in [0.3, 0.4) is 0 Å². The summed E-state index contributed by atoms with van der Waals surface area (Å²) in [4.78, 5) is 12.7. The lowest BCUT2D eigenvalue weighted by atomic mass is 9.79. The van der Waals surface area contributed by atoms with Crippen LogP contribution in [-0.2, 0) is 16.8 Å². The maximum atomic E-state index is 12.7. The van der Waals surface area contributed by atoms with Crippen molar-refractivity contribution in [2.24, 2.45) is 11.7 Å². The highest BCUT2D eigenvalue weighted by Crippen LogP contribution is 2.41. The van der Waals surface area contributed by atoms with Gasteiger partial charge >= 0.3 is 0 Å². The molecule has 4 nitrogen and oxygen atoms in total. The van der Waals surface area contributed by atoms with Crippen LogP contribution in [0.4, 0.5) is 0 Å². The van der Waals surface area contributed by atoms with Gasteiger partial charge < -0.3 is 15.9 Å². The van der Waals surface area contributed by atoms with Crippen molar-refractivity contribution in [3.63, 3.8) is 0 Å². The molecule has 2 aromatic carbocycles. The Kier molecular flexibility index (Phi) is 8.54. The Labute approximate surface area is 178 Å². The molecule has 0 spiro atoms. The smallest absolute Gasteiger partial charge is 0.176 e. The molecule has 0 amide bonds. The summed E-state index contributed by atoms with van der Waals surface area (Å²) in [5.74, 6) is -0.636. The number of unbranched alkanes of at least 4 members (excludes halogenated alkanes) is 2. The van der Waals surface area contributed by atoms with Crippen molar-refractivity contribution in [2.45, 2.75) is 57.9 Å². The van der Waals surface area contributed by atoms with E-state index in [1.165, 1.54) is 25.7 Å². The van der Waals surface area contributed by atoms with Gasteiger partial charge in [-0.2, -0.15) is 0 Å². The van der Waals surface area contributed by atoms with Crippen LogP contribution in [0, 0.1) is 5.92 Å². The second kappa shape index (κ2) is 10.7. The fourth-order valence-electron chi connectivity index (χ4n) is 3.77. The average molecular weight is 418 g/mol. The minimum atomic E-state index is -1.72. The largest absolute Gasteiger partial charge is 0.507 e. The van der Waals surface area contributed by atoms with Crippen LogP contribution in [0.15, 0.2) is 42.5 Å². The summed E-state index contributed by atoms with van der Waals surface area (Å²) in [6.07, 6.45) is 6.55. The standard InChI is InChI=1S/C24H32ClNO3/c1-3-4-6-9-17(2)12-13-18-14-20(27)23(21(28)15-18)24(26,22(29)16-25)19-10-7-5-8-11-19/h5,7-8,10-11,14-15,17,27-28H,3-4,6,9,12-13,16,26H2,1-2H3. The molecule has 0 fully saturated rings. The maximum absolute atomic E-state index is 12.7. The van der Waals surface area contributed by atoms with E-state index in [1.807, 2.05) is 0 Å². The van der Waals surface area contributed by atoms with Crippen molar-refractivity contribution >= 4 is 17.4 Å². The molecule has 0 aliphatic rings. The molecule has 5 heteroatoms. The third-order valence-electron chi connectivity index (χ3n) is 5.57. The van der Waals surface area contributed by atoms with E-state index in [0.717, 1.165) is 18.4 Å². The molecule has 0 radical (unpaired) electrons. The van der Waals surface area contributed by atoms with Crippen molar-refractivity contribution in [2.75, 3.05) is 5.88 Å². The molecule has 2 rings (SSSR count). The summed E-state index contributed by atoms with van der Waals surface area (Å²) in [5.41, 5.74) is 6.04. The predicted octanol–water partition coefficient (Wildman–Crippen LogP) is 5.26. The molecule has 0 saturated heterocycles. The monoisotopic (exact) mass is 417 g/mol. The molecule has 2 aromatic rings. The average Bonchev–Trinajstić information content (AvgIpc) is 2.71. The van der Waals surface area contributed by atoms with Gasteiger partial charge in [-0.25, -0.2) is 0 Å². The molecule has 0 saturated carbocycles. The number of hydrogen-bond donors (Lipinski definition) is 3. The first kappa shape index (κ1) is 23.2. The summed E-state index contributed by atoms with van der Waals surface area (Å²) in [6, 6.07) is 11.9. The summed E-state index contributed by atoms with van der Waals surface area (Å²) in [7, 11) is 0. The van der Waals surface area contributed by atoms with Gasteiger partial charge in [0.2, 0.25) is 0 Å². The van der Waals surface area contributed by atoms with Gasteiger partial charge in [0.1, 0.15) is 17.0 Å². The van der Waals surface area contributed by atoms with Crippen molar-refractivity contribution in [1.29, 1.82) is 0 Å². The number of ketones is 1. The number of nitrogens with two attached hydrogens (primary N) is 1. The molecule has 2 atom stereocenters. The molecule has 0 bridgehead atoms. The van der Waals surface area contributed by atoms with Crippen molar-refractivity contribution < 1.29 is 15.0 Å². The van der Waals surface area contributed by atoms with Crippen LogP contribution >= 0.6 is 11.6 Å². The molecule has 158 valence electrons. The Balaban J connectivity index is 2.30. The van der Waals surface area contributed by atoms with Gasteiger partial charge in [0.15, 0.2) is 5.78 Å². The molecule has 2 unspecified atom stereocenters. The second-order valence-electron chi connectivity index (χ2n) is 7.88. The fraction of sp³-hybridized carbons (Fsp3) is 0.458. The Bertz CT molecular complexity index is 786. The fourth-order valence-corrected chi connectivity index (χ4v) is 3.98. The summed E-state index contributed by atoms with van der Waals surface area (Å²) < 4.78 is 0. The van der Waals surface area contributed by atoms with Crippen LogP contribution < -0.4 is 5.73 Å². The van der Waals surface area contributed by atoms with Crippen LogP contribution in [0.5, 0.6) is 11.5 Å². The highest BCUT2D eigenvalue weighted by Gasteiger charge is 2.41. The Morgan fingerprint density at radius 2 is 1.72 bits per heavy atom. The molecular formula is C24H32ClNO3.